The highest BCUT2D eigenvalue weighted by molar-refractivity contribution is 5.90. The van der Waals surface area contributed by atoms with Gasteiger partial charge in [-0.25, -0.2) is 9.78 Å². The second-order valence-electron chi connectivity index (χ2n) is 6.16. The van der Waals surface area contributed by atoms with Crippen molar-refractivity contribution in [3.05, 3.63) is 102 Å². The third-order valence-electron chi connectivity index (χ3n) is 4.77. The first-order valence-electron chi connectivity index (χ1n) is 8.19. The maximum Gasteiger partial charge on any atom is 0.144 e. The lowest BCUT2D eigenvalue weighted by molar-refractivity contribution is -0.342. The fourth-order valence-electron chi connectivity index (χ4n) is 3.63. The SMILES string of the molecule is C1=C2c3ccccc3-c3ccccc3[C@@H]2OO[C@@H]1c1ccccc1. The minimum Gasteiger partial charge on any atom is -0.223 e. The molecule has 2 aliphatic rings. The molecular weight excluding hydrogens is 296 g/mol. The Bertz CT molecular complexity index is 927. The average molecular weight is 312 g/mol. The maximum atomic E-state index is 5.86. The molecule has 0 amide bonds. The maximum absolute atomic E-state index is 5.86. The molecule has 3 aromatic rings. The molecule has 0 saturated carbocycles. The van der Waals surface area contributed by atoms with Gasteiger partial charge in [0.15, 0.2) is 0 Å². The Hall–Kier alpha value is -2.68. The van der Waals surface area contributed by atoms with Gasteiger partial charge in [-0.15, -0.1) is 0 Å². The van der Waals surface area contributed by atoms with Gasteiger partial charge in [0, 0.05) is 0 Å². The molecule has 0 fully saturated rings. The molecule has 116 valence electrons. The summed E-state index contributed by atoms with van der Waals surface area (Å²) in [6, 6.07) is 27.1. The van der Waals surface area contributed by atoms with E-state index in [1.54, 1.807) is 0 Å². The Labute approximate surface area is 140 Å². The molecule has 0 saturated heterocycles. The van der Waals surface area contributed by atoms with E-state index in [1.165, 1.54) is 22.3 Å². The van der Waals surface area contributed by atoms with Gasteiger partial charge in [0.1, 0.15) is 12.2 Å². The smallest absolute Gasteiger partial charge is 0.144 e. The van der Waals surface area contributed by atoms with Crippen LogP contribution in [-0.4, -0.2) is 0 Å². The lowest BCUT2D eigenvalue weighted by Gasteiger charge is -2.34. The Morgan fingerprint density at radius 2 is 1.25 bits per heavy atom. The summed E-state index contributed by atoms with van der Waals surface area (Å²) in [4.78, 5) is 11.6. The van der Waals surface area contributed by atoms with Crippen molar-refractivity contribution in [2.24, 2.45) is 0 Å². The molecular formula is C22H16O2. The summed E-state index contributed by atoms with van der Waals surface area (Å²) in [7, 11) is 0. The largest absolute Gasteiger partial charge is 0.223 e. The third-order valence-corrected chi connectivity index (χ3v) is 4.77. The number of fused-ring (bicyclic) bond motifs is 6. The first-order chi connectivity index (χ1) is 11.9. The van der Waals surface area contributed by atoms with Gasteiger partial charge in [0.05, 0.1) is 0 Å². The summed E-state index contributed by atoms with van der Waals surface area (Å²) >= 11 is 0. The Morgan fingerprint density at radius 1 is 0.583 bits per heavy atom. The Kier molecular flexibility index (Phi) is 3.12. The normalized spacial score (nSPS) is 21.2. The van der Waals surface area contributed by atoms with E-state index in [9.17, 15) is 0 Å². The molecule has 0 unspecified atom stereocenters. The van der Waals surface area contributed by atoms with E-state index in [1.807, 2.05) is 18.2 Å². The Morgan fingerprint density at radius 3 is 2.08 bits per heavy atom. The molecule has 2 nitrogen and oxygen atoms in total. The van der Waals surface area contributed by atoms with Crippen LogP contribution in [0.15, 0.2) is 84.9 Å². The molecule has 0 radical (unpaired) electrons. The topological polar surface area (TPSA) is 18.5 Å². The van der Waals surface area contributed by atoms with Gasteiger partial charge in [-0.05, 0) is 39.5 Å². The molecule has 1 heterocycles. The lowest BCUT2D eigenvalue weighted by atomic mass is 9.79. The lowest BCUT2D eigenvalue weighted by Crippen LogP contribution is -2.20. The third kappa shape index (κ3) is 2.04. The van der Waals surface area contributed by atoms with Crippen LogP contribution in [0.1, 0.15) is 28.9 Å². The first kappa shape index (κ1) is 13.7. The summed E-state index contributed by atoms with van der Waals surface area (Å²) in [6.45, 7) is 0. The zero-order chi connectivity index (χ0) is 15.9. The molecule has 2 heteroatoms. The minimum atomic E-state index is -0.184. The minimum absolute atomic E-state index is 0.170. The monoisotopic (exact) mass is 312 g/mol. The molecule has 3 aromatic carbocycles. The average Bonchev–Trinajstić information content (AvgIpc) is 2.68. The van der Waals surface area contributed by atoms with Gasteiger partial charge in [-0.1, -0.05) is 78.9 Å². The van der Waals surface area contributed by atoms with Crippen LogP contribution >= 0.6 is 0 Å². The standard InChI is InChI=1S/C22H16O2/c1-2-8-15(9-3-1)21-14-20-18-12-5-4-10-16(18)17-11-6-7-13-19(17)22(20)24-23-21/h1-14,21-22H/t21-,22-/m0/s1. The van der Waals surface area contributed by atoms with Gasteiger partial charge >= 0.3 is 0 Å². The van der Waals surface area contributed by atoms with E-state index >= 15 is 0 Å². The van der Waals surface area contributed by atoms with Gasteiger partial charge in [0.25, 0.3) is 0 Å². The fraction of sp³-hybridized carbons (Fsp3) is 0.0909. The van der Waals surface area contributed by atoms with Gasteiger partial charge in [0.2, 0.25) is 0 Å². The van der Waals surface area contributed by atoms with Crippen LogP contribution in [0.5, 0.6) is 0 Å². The summed E-state index contributed by atoms with van der Waals surface area (Å²) < 4.78 is 0. The highest BCUT2D eigenvalue weighted by Crippen LogP contribution is 2.50. The van der Waals surface area contributed by atoms with E-state index in [4.69, 9.17) is 9.78 Å². The van der Waals surface area contributed by atoms with Crippen molar-refractivity contribution in [2.45, 2.75) is 12.2 Å². The van der Waals surface area contributed by atoms with Gasteiger partial charge in [-0.3, -0.25) is 0 Å². The van der Waals surface area contributed by atoms with E-state index < -0.39 is 0 Å². The second-order valence-corrected chi connectivity index (χ2v) is 6.16. The van der Waals surface area contributed by atoms with Crippen LogP contribution in [0, 0.1) is 0 Å². The summed E-state index contributed by atoms with van der Waals surface area (Å²) in [5.41, 5.74) is 7.15. The molecule has 0 N–H and O–H groups in total. The van der Waals surface area contributed by atoms with Crippen molar-refractivity contribution in [2.75, 3.05) is 0 Å². The Balaban J connectivity index is 1.70. The van der Waals surface area contributed by atoms with Gasteiger partial charge < -0.3 is 0 Å². The summed E-state index contributed by atoms with van der Waals surface area (Å²) in [6.07, 6.45) is 1.84. The van der Waals surface area contributed by atoms with Crippen molar-refractivity contribution < 1.29 is 9.78 Å². The molecule has 1 aliphatic carbocycles. The highest BCUT2D eigenvalue weighted by Gasteiger charge is 2.34. The van der Waals surface area contributed by atoms with Crippen molar-refractivity contribution >= 4 is 5.57 Å². The second kappa shape index (κ2) is 5.45. The zero-order valence-electron chi connectivity index (χ0n) is 13.1. The van der Waals surface area contributed by atoms with Gasteiger partial charge in [-0.2, -0.15) is 0 Å². The molecule has 2 atom stereocenters. The van der Waals surface area contributed by atoms with E-state index in [0.29, 0.717) is 0 Å². The van der Waals surface area contributed by atoms with Crippen molar-refractivity contribution in [3.63, 3.8) is 0 Å². The molecule has 0 aromatic heterocycles. The van der Waals surface area contributed by atoms with Crippen LogP contribution in [0.25, 0.3) is 16.7 Å². The highest BCUT2D eigenvalue weighted by atomic mass is 17.2. The molecule has 5 rings (SSSR count). The summed E-state index contributed by atoms with van der Waals surface area (Å²) in [5.74, 6) is 0. The molecule has 0 spiro atoms. The summed E-state index contributed by atoms with van der Waals surface area (Å²) in [5, 5.41) is 0. The molecule has 1 aliphatic heterocycles. The number of hydrogen-bond acceptors (Lipinski definition) is 2. The molecule has 0 bridgehead atoms. The number of hydrogen-bond donors (Lipinski definition) is 0. The fourth-order valence-corrected chi connectivity index (χ4v) is 3.63. The van der Waals surface area contributed by atoms with E-state index in [-0.39, 0.29) is 12.2 Å². The molecule has 24 heavy (non-hydrogen) atoms. The van der Waals surface area contributed by atoms with Crippen molar-refractivity contribution in [1.29, 1.82) is 0 Å². The first-order valence-corrected chi connectivity index (χ1v) is 8.19. The number of benzene rings is 3. The predicted octanol–water partition coefficient (Wildman–Crippen LogP) is 5.49. The zero-order valence-corrected chi connectivity index (χ0v) is 13.1. The van der Waals surface area contributed by atoms with Crippen molar-refractivity contribution in [3.8, 4) is 11.1 Å². The number of rotatable bonds is 1. The predicted molar refractivity (Wildman–Crippen MR) is 93.9 cm³/mol. The quantitative estimate of drug-likeness (QED) is 0.553. The van der Waals surface area contributed by atoms with Crippen LogP contribution < -0.4 is 0 Å². The van der Waals surface area contributed by atoms with Crippen molar-refractivity contribution in [1.82, 2.24) is 0 Å². The van der Waals surface area contributed by atoms with Crippen LogP contribution in [0.3, 0.4) is 0 Å². The van der Waals surface area contributed by atoms with Crippen LogP contribution in [0.2, 0.25) is 0 Å². The van der Waals surface area contributed by atoms with Crippen LogP contribution in [0.4, 0.5) is 0 Å². The van der Waals surface area contributed by atoms with Crippen LogP contribution in [-0.2, 0) is 9.78 Å². The van der Waals surface area contributed by atoms with E-state index in [2.05, 4.69) is 66.7 Å². The van der Waals surface area contributed by atoms with E-state index in [0.717, 1.165) is 11.1 Å².